The number of hydrogen-bond donors (Lipinski definition) is 0. The van der Waals surface area contributed by atoms with Gasteiger partial charge in [-0.25, -0.2) is 4.39 Å². The summed E-state index contributed by atoms with van der Waals surface area (Å²) in [5.74, 6) is -0.275. The first-order chi connectivity index (χ1) is 14.1. The van der Waals surface area contributed by atoms with Gasteiger partial charge in [0.1, 0.15) is 11.9 Å². The van der Waals surface area contributed by atoms with Crippen molar-refractivity contribution >= 4 is 29.2 Å². The largest absolute Gasteiger partial charge is 0.341 e. The molecule has 1 atom stereocenters. The fourth-order valence-electron chi connectivity index (χ4n) is 4.10. The number of piperidine rings is 1. The van der Waals surface area contributed by atoms with Crippen LogP contribution < -0.4 is 0 Å². The van der Waals surface area contributed by atoms with Crippen LogP contribution in [0.25, 0.3) is 16.5 Å². The fourth-order valence-corrected chi connectivity index (χ4v) is 5.04. The van der Waals surface area contributed by atoms with E-state index in [2.05, 4.69) is 0 Å². The quantitative estimate of drug-likeness (QED) is 0.690. The van der Waals surface area contributed by atoms with E-state index in [1.807, 2.05) is 23.1 Å². The Kier molecular flexibility index (Phi) is 6.09. The first-order valence-corrected chi connectivity index (χ1v) is 11.1. The summed E-state index contributed by atoms with van der Waals surface area (Å²) in [6.07, 6.45) is 8.07. The Labute approximate surface area is 174 Å². The van der Waals surface area contributed by atoms with Crippen molar-refractivity contribution in [1.82, 2.24) is 9.80 Å². The normalized spacial score (nSPS) is 19.8. The third-order valence-corrected chi connectivity index (χ3v) is 6.73. The van der Waals surface area contributed by atoms with Gasteiger partial charge in [0.25, 0.3) is 0 Å². The van der Waals surface area contributed by atoms with E-state index in [0.29, 0.717) is 12.1 Å². The van der Waals surface area contributed by atoms with Gasteiger partial charge in [0.15, 0.2) is 0 Å². The van der Waals surface area contributed by atoms with Crippen LogP contribution in [0.1, 0.15) is 37.0 Å². The average molecular weight is 413 g/mol. The van der Waals surface area contributed by atoms with Crippen LogP contribution in [0.5, 0.6) is 0 Å². The van der Waals surface area contributed by atoms with Crippen molar-refractivity contribution in [2.45, 2.75) is 38.1 Å². The van der Waals surface area contributed by atoms with Gasteiger partial charge in [-0.1, -0.05) is 18.2 Å². The van der Waals surface area contributed by atoms with Gasteiger partial charge in [0.2, 0.25) is 11.8 Å². The van der Waals surface area contributed by atoms with Gasteiger partial charge in [0, 0.05) is 41.0 Å². The number of hydrogen-bond acceptors (Lipinski definition) is 3. The lowest BCUT2D eigenvalue weighted by Gasteiger charge is -2.36. The Morgan fingerprint density at radius 3 is 2.55 bits per heavy atom. The number of carbonyl (C=O) groups is 2. The van der Waals surface area contributed by atoms with E-state index < -0.39 is 0 Å². The zero-order valence-corrected chi connectivity index (χ0v) is 17.2. The van der Waals surface area contributed by atoms with Crippen molar-refractivity contribution in [3.63, 3.8) is 0 Å². The van der Waals surface area contributed by atoms with Crippen LogP contribution in [-0.4, -0.2) is 47.3 Å². The van der Waals surface area contributed by atoms with E-state index in [9.17, 15) is 14.0 Å². The summed E-state index contributed by atoms with van der Waals surface area (Å²) < 4.78 is 14.0. The lowest BCUT2D eigenvalue weighted by molar-refractivity contribution is -0.144. The molecule has 2 aliphatic rings. The van der Waals surface area contributed by atoms with Crippen LogP contribution in [0.3, 0.4) is 0 Å². The summed E-state index contributed by atoms with van der Waals surface area (Å²) in [6.45, 7) is 2.24. The third kappa shape index (κ3) is 4.42. The molecule has 2 aliphatic heterocycles. The van der Waals surface area contributed by atoms with Crippen LogP contribution in [0.15, 0.2) is 42.5 Å². The van der Waals surface area contributed by atoms with Crippen LogP contribution in [0.2, 0.25) is 0 Å². The topological polar surface area (TPSA) is 40.6 Å². The molecule has 1 aromatic heterocycles. The number of rotatable bonds is 4. The average Bonchev–Trinajstić information content (AvgIpc) is 3.44. The maximum absolute atomic E-state index is 14.0. The Hall–Kier alpha value is -2.47. The van der Waals surface area contributed by atoms with Crippen molar-refractivity contribution in [3.05, 3.63) is 53.2 Å². The van der Waals surface area contributed by atoms with Gasteiger partial charge in [-0.3, -0.25) is 9.59 Å². The molecule has 3 heterocycles. The minimum atomic E-state index is -0.337. The standard InChI is InChI=1S/C23H25FN2O2S/c24-19-8-2-1-7-18(19)21-12-10-17(29-21)11-13-22(27)26-16-4-3-9-20(26)23(28)25-14-5-6-15-25/h1-2,7-8,10-13,20H,3-6,9,14-16H2/b13-11+. The molecule has 6 heteroatoms. The second-order valence-corrected chi connectivity index (χ2v) is 8.71. The molecular weight excluding hydrogens is 387 g/mol. The molecule has 2 amide bonds. The summed E-state index contributed by atoms with van der Waals surface area (Å²) in [6, 6.07) is 10.1. The van der Waals surface area contributed by atoms with E-state index in [4.69, 9.17) is 0 Å². The van der Waals surface area contributed by atoms with Gasteiger partial charge in [-0.15, -0.1) is 11.3 Å². The summed E-state index contributed by atoms with van der Waals surface area (Å²) >= 11 is 1.44. The number of halogens is 1. The molecule has 0 saturated carbocycles. The highest BCUT2D eigenvalue weighted by Crippen LogP contribution is 2.30. The predicted molar refractivity (Wildman–Crippen MR) is 114 cm³/mol. The Morgan fingerprint density at radius 1 is 1.00 bits per heavy atom. The van der Waals surface area contributed by atoms with Crippen LogP contribution in [-0.2, 0) is 9.59 Å². The lowest BCUT2D eigenvalue weighted by atomic mass is 10.0. The molecule has 152 valence electrons. The monoisotopic (exact) mass is 412 g/mol. The molecule has 1 aromatic carbocycles. The van der Waals surface area contributed by atoms with Gasteiger partial charge in [0.05, 0.1) is 0 Å². The number of amides is 2. The highest BCUT2D eigenvalue weighted by molar-refractivity contribution is 7.16. The Balaban J connectivity index is 1.45. The maximum atomic E-state index is 14.0. The van der Waals surface area contributed by atoms with Crippen LogP contribution in [0.4, 0.5) is 4.39 Å². The lowest BCUT2D eigenvalue weighted by Crippen LogP contribution is -2.52. The number of carbonyl (C=O) groups excluding carboxylic acids is 2. The zero-order chi connectivity index (χ0) is 20.2. The number of benzene rings is 1. The van der Waals surface area contributed by atoms with E-state index in [1.165, 1.54) is 17.4 Å². The smallest absolute Gasteiger partial charge is 0.247 e. The summed E-state index contributed by atoms with van der Waals surface area (Å²) in [7, 11) is 0. The van der Waals surface area contributed by atoms with E-state index in [-0.39, 0.29) is 23.7 Å². The highest BCUT2D eigenvalue weighted by atomic mass is 32.1. The molecule has 0 spiro atoms. The van der Waals surface area contributed by atoms with Gasteiger partial charge >= 0.3 is 0 Å². The van der Waals surface area contributed by atoms with Crippen molar-refractivity contribution in [2.75, 3.05) is 19.6 Å². The molecule has 1 unspecified atom stereocenters. The first kappa shape index (κ1) is 19.8. The van der Waals surface area contributed by atoms with Gasteiger partial charge < -0.3 is 9.80 Å². The highest BCUT2D eigenvalue weighted by Gasteiger charge is 2.34. The maximum Gasteiger partial charge on any atom is 0.247 e. The number of thiophene rings is 1. The van der Waals surface area contributed by atoms with E-state index in [0.717, 1.165) is 54.9 Å². The molecule has 2 saturated heterocycles. The minimum absolute atomic E-state index is 0.0990. The van der Waals surface area contributed by atoms with E-state index >= 15 is 0 Å². The summed E-state index contributed by atoms with van der Waals surface area (Å²) in [5.41, 5.74) is 0.566. The number of likely N-dealkylation sites (tertiary alicyclic amines) is 2. The Bertz CT molecular complexity index is 917. The van der Waals surface area contributed by atoms with Crippen LogP contribution in [0, 0.1) is 5.82 Å². The van der Waals surface area contributed by atoms with Crippen molar-refractivity contribution in [1.29, 1.82) is 0 Å². The molecule has 2 fully saturated rings. The zero-order valence-electron chi connectivity index (χ0n) is 16.4. The second-order valence-electron chi connectivity index (χ2n) is 7.59. The van der Waals surface area contributed by atoms with E-state index in [1.54, 1.807) is 29.2 Å². The third-order valence-electron chi connectivity index (χ3n) is 5.64. The molecule has 0 radical (unpaired) electrons. The van der Waals surface area contributed by atoms with Crippen molar-refractivity contribution in [3.8, 4) is 10.4 Å². The molecule has 4 rings (SSSR count). The van der Waals surface area contributed by atoms with Crippen molar-refractivity contribution in [2.24, 2.45) is 0 Å². The molecule has 0 N–H and O–H groups in total. The number of nitrogens with zero attached hydrogens (tertiary/aromatic N) is 2. The molecule has 2 aromatic rings. The summed E-state index contributed by atoms with van der Waals surface area (Å²) in [5, 5.41) is 0. The fraction of sp³-hybridized carbons (Fsp3) is 0.391. The molecule has 0 aliphatic carbocycles. The summed E-state index contributed by atoms with van der Waals surface area (Å²) in [4.78, 5) is 31.0. The minimum Gasteiger partial charge on any atom is -0.341 e. The van der Waals surface area contributed by atoms with Crippen molar-refractivity contribution < 1.29 is 14.0 Å². The Morgan fingerprint density at radius 2 is 1.76 bits per heavy atom. The molecule has 29 heavy (non-hydrogen) atoms. The molecule has 4 nitrogen and oxygen atoms in total. The molecular formula is C23H25FN2O2S. The second kappa shape index (κ2) is 8.91. The first-order valence-electron chi connectivity index (χ1n) is 10.3. The predicted octanol–water partition coefficient (Wildman–Crippen LogP) is 4.57. The van der Waals surface area contributed by atoms with Gasteiger partial charge in [-0.2, -0.15) is 0 Å². The van der Waals surface area contributed by atoms with Gasteiger partial charge in [-0.05, 0) is 56.4 Å². The molecule has 0 bridgehead atoms. The SMILES string of the molecule is O=C(C1CCCCN1C(=O)/C=C/c1ccc(-c2ccccc2F)s1)N1CCCC1. The van der Waals surface area contributed by atoms with Crippen LogP contribution >= 0.6 is 11.3 Å².